The lowest BCUT2D eigenvalue weighted by Crippen LogP contribution is -2.50. The van der Waals surface area contributed by atoms with Crippen LogP contribution < -0.4 is 10.6 Å². The van der Waals surface area contributed by atoms with E-state index >= 15 is 0 Å². The molecule has 0 radical (unpaired) electrons. The zero-order valence-electron chi connectivity index (χ0n) is 24.4. The molecule has 0 bridgehead atoms. The number of pyridine rings is 1. The van der Waals surface area contributed by atoms with E-state index in [1.165, 1.54) is 10.4 Å². The number of nitrogens with zero attached hydrogens (tertiary/aromatic N) is 7. The number of rotatable bonds is 9. The Morgan fingerprint density at radius 1 is 1.11 bits per heavy atom. The van der Waals surface area contributed by atoms with Crippen LogP contribution in [-0.2, 0) is 10.0 Å². The number of para-hydroxylation sites is 1. The third-order valence-corrected chi connectivity index (χ3v) is 10.9. The lowest BCUT2D eigenvalue weighted by Gasteiger charge is -2.35. The van der Waals surface area contributed by atoms with E-state index < -0.39 is 15.9 Å². The van der Waals surface area contributed by atoms with Crippen molar-refractivity contribution < 1.29 is 17.7 Å². The zero-order valence-corrected chi connectivity index (χ0v) is 26.0. The van der Waals surface area contributed by atoms with Gasteiger partial charge in [-0.05, 0) is 32.9 Å². The minimum absolute atomic E-state index is 0.0433. The molecule has 1 aliphatic heterocycles. The molecule has 44 heavy (non-hydrogen) atoms. The van der Waals surface area contributed by atoms with Crippen molar-refractivity contribution in [2.45, 2.75) is 31.0 Å². The van der Waals surface area contributed by atoms with Crippen LogP contribution >= 0.6 is 11.3 Å². The molecule has 0 aliphatic carbocycles. The van der Waals surface area contributed by atoms with Crippen molar-refractivity contribution in [2.24, 2.45) is 0 Å². The van der Waals surface area contributed by atoms with Gasteiger partial charge in [-0.2, -0.15) is 4.31 Å². The third-order valence-electron chi connectivity index (χ3n) is 7.29. The Morgan fingerprint density at radius 2 is 1.93 bits per heavy atom. The molecule has 1 aliphatic rings. The molecule has 1 saturated heterocycles. The lowest BCUT2D eigenvalue weighted by molar-refractivity contribution is 0.101. The molecule has 2 N–H and O–H groups in total. The average molecular weight is 634 g/mol. The van der Waals surface area contributed by atoms with Gasteiger partial charge in [-0.25, -0.2) is 23.4 Å². The number of hydrogen-bond donors (Lipinski definition) is 2. The SMILES string of the molecule is Cc1cc(C(=O)Nc2nc(C)c(S(=O)(=O)N3CCN(CC(C)Nc4ncnc5c(-c6cccnc6)cccc45)CC3)s2)no1. The predicted molar refractivity (Wildman–Crippen MR) is 167 cm³/mol. The molecule has 6 rings (SSSR count). The molecule has 5 heterocycles. The van der Waals surface area contributed by atoms with E-state index in [1.54, 1.807) is 26.4 Å². The maximum Gasteiger partial charge on any atom is 0.279 e. The van der Waals surface area contributed by atoms with Gasteiger partial charge >= 0.3 is 0 Å². The molecule has 1 unspecified atom stereocenters. The van der Waals surface area contributed by atoms with E-state index in [-0.39, 0.29) is 21.1 Å². The van der Waals surface area contributed by atoms with Gasteiger partial charge in [0.15, 0.2) is 15.0 Å². The summed E-state index contributed by atoms with van der Waals surface area (Å²) in [6, 6.07) is 11.5. The monoisotopic (exact) mass is 633 g/mol. The first-order chi connectivity index (χ1) is 21.2. The maximum absolute atomic E-state index is 13.5. The van der Waals surface area contributed by atoms with Crippen LogP contribution in [0.4, 0.5) is 10.9 Å². The van der Waals surface area contributed by atoms with E-state index in [2.05, 4.69) is 47.5 Å². The van der Waals surface area contributed by atoms with Gasteiger partial charge in [0.25, 0.3) is 15.9 Å². The number of carbonyl (C=O) groups is 1. The van der Waals surface area contributed by atoms with Gasteiger partial charge in [0.05, 0.1) is 11.2 Å². The highest BCUT2D eigenvalue weighted by molar-refractivity contribution is 7.91. The van der Waals surface area contributed by atoms with Crippen LogP contribution in [0.5, 0.6) is 0 Å². The number of carbonyl (C=O) groups excluding carboxylic acids is 1. The number of benzene rings is 1. The molecular weight excluding hydrogens is 603 g/mol. The standard InChI is InChI=1S/C29H31N9O4S2/c1-18(33-26-23-8-4-7-22(25(23)31-17-32-26)21-6-5-9-30-15-21)16-37-10-12-38(13-11-37)44(40,41)28-20(3)34-29(43-28)35-27(39)24-14-19(2)42-36-24/h4-9,14-15,17-18H,10-13,16H2,1-3H3,(H,31,32,33)(H,34,35,39). The molecule has 5 aromatic rings. The predicted octanol–water partition coefficient (Wildman–Crippen LogP) is 3.81. The summed E-state index contributed by atoms with van der Waals surface area (Å²) >= 11 is 0.933. The Morgan fingerprint density at radius 3 is 2.66 bits per heavy atom. The summed E-state index contributed by atoms with van der Waals surface area (Å²) in [7, 11) is -3.78. The Balaban J connectivity index is 1.07. The third kappa shape index (κ3) is 6.17. The second kappa shape index (κ2) is 12.4. The van der Waals surface area contributed by atoms with Crippen molar-refractivity contribution in [1.29, 1.82) is 0 Å². The molecule has 1 fully saturated rings. The van der Waals surface area contributed by atoms with Crippen molar-refractivity contribution in [3.05, 3.63) is 72.3 Å². The van der Waals surface area contributed by atoms with Crippen molar-refractivity contribution >= 4 is 49.1 Å². The fraction of sp³-hybridized carbons (Fsp3) is 0.310. The number of aryl methyl sites for hydroxylation is 2. The van der Waals surface area contributed by atoms with Gasteiger partial charge in [-0.1, -0.05) is 34.7 Å². The van der Waals surface area contributed by atoms with Gasteiger partial charge < -0.3 is 9.84 Å². The summed E-state index contributed by atoms with van der Waals surface area (Å²) in [6.07, 6.45) is 5.13. The normalized spacial score (nSPS) is 15.3. The Bertz CT molecular complexity index is 1900. The van der Waals surface area contributed by atoms with Gasteiger partial charge in [-0.15, -0.1) is 0 Å². The first kappa shape index (κ1) is 29.7. The first-order valence-electron chi connectivity index (χ1n) is 14.0. The first-order valence-corrected chi connectivity index (χ1v) is 16.3. The molecule has 228 valence electrons. The summed E-state index contributed by atoms with van der Waals surface area (Å²) in [4.78, 5) is 32.2. The molecule has 0 saturated carbocycles. The number of sulfonamides is 1. The molecule has 1 atom stereocenters. The highest BCUT2D eigenvalue weighted by Gasteiger charge is 2.32. The maximum atomic E-state index is 13.5. The van der Waals surface area contributed by atoms with Gasteiger partial charge in [0.1, 0.15) is 17.9 Å². The topological polar surface area (TPSA) is 159 Å². The quantitative estimate of drug-likeness (QED) is 0.243. The lowest BCUT2D eigenvalue weighted by atomic mass is 10.0. The molecule has 1 aromatic carbocycles. The van der Waals surface area contributed by atoms with Crippen LogP contribution in [0.15, 0.2) is 63.9 Å². The van der Waals surface area contributed by atoms with Crippen molar-refractivity contribution in [2.75, 3.05) is 43.4 Å². The van der Waals surface area contributed by atoms with Crippen molar-refractivity contribution in [1.82, 2.24) is 34.3 Å². The fourth-order valence-corrected chi connectivity index (χ4v) is 8.17. The number of amides is 1. The molecule has 15 heteroatoms. The van der Waals surface area contributed by atoms with Gasteiger partial charge in [0, 0.05) is 73.7 Å². The average Bonchev–Trinajstić information content (AvgIpc) is 3.63. The van der Waals surface area contributed by atoms with Crippen LogP contribution in [0.25, 0.3) is 22.0 Å². The van der Waals surface area contributed by atoms with Crippen molar-refractivity contribution in [3.8, 4) is 11.1 Å². The van der Waals surface area contributed by atoms with Gasteiger partial charge in [-0.3, -0.25) is 20.0 Å². The van der Waals surface area contributed by atoms with E-state index in [1.807, 2.05) is 36.5 Å². The van der Waals surface area contributed by atoms with Crippen LogP contribution in [0.2, 0.25) is 0 Å². The summed E-state index contributed by atoms with van der Waals surface area (Å²) < 4.78 is 33.6. The second-order valence-corrected chi connectivity index (χ2v) is 13.7. The molecule has 13 nitrogen and oxygen atoms in total. The summed E-state index contributed by atoms with van der Waals surface area (Å²) in [5, 5.41) is 10.9. The number of anilines is 2. The second-order valence-electron chi connectivity index (χ2n) is 10.6. The van der Waals surface area contributed by atoms with E-state index in [0.29, 0.717) is 44.2 Å². The fourth-order valence-electron chi connectivity index (χ4n) is 5.20. The smallest absolute Gasteiger partial charge is 0.279 e. The number of aromatic nitrogens is 5. The zero-order chi connectivity index (χ0) is 30.8. The van der Waals surface area contributed by atoms with Crippen LogP contribution in [0.1, 0.15) is 28.9 Å². The Labute approximate surface area is 258 Å². The molecular formula is C29H31N9O4S2. The van der Waals surface area contributed by atoms with Crippen LogP contribution in [0.3, 0.4) is 0 Å². The highest BCUT2D eigenvalue weighted by Crippen LogP contribution is 2.31. The highest BCUT2D eigenvalue weighted by atomic mass is 32.2. The number of nitrogens with one attached hydrogen (secondary N) is 2. The number of fused-ring (bicyclic) bond motifs is 1. The number of hydrogen-bond acceptors (Lipinski definition) is 12. The van der Waals surface area contributed by atoms with Crippen LogP contribution in [-0.4, -0.2) is 87.4 Å². The van der Waals surface area contributed by atoms with E-state index in [4.69, 9.17) is 4.52 Å². The van der Waals surface area contributed by atoms with E-state index in [9.17, 15) is 13.2 Å². The minimum atomic E-state index is -3.78. The minimum Gasteiger partial charge on any atom is -0.366 e. The Kier molecular flexibility index (Phi) is 8.35. The Hall–Kier alpha value is -4.31. The molecule has 4 aromatic heterocycles. The van der Waals surface area contributed by atoms with Crippen LogP contribution in [0, 0.1) is 13.8 Å². The summed E-state index contributed by atoms with van der Waals surface area (Å²) in [5.41, 5.74) is 3.26. The van der Waals surface area contributed by atoms with Gasteiger partial charge in [0.2, 0.25) is 0 Å². The molecule has 0 spiro atoms. The molecule has 1 amide bonds. The largest absolute Gasteiger partial charge is 0.366 e. The number of thiazole rings is 1. The van der Waals surface area contributed by atoms with Crippen molar-refractivity contribution in [3.63, 3.8) is 0 Å². The summed E-state index contributed by atoms with van der Waals surface area (Å²) in [5.74, 6) is 0.729. The number of piperazine rings is 1. The van der Waals surface area contributed by atoms with E-state index in [0.717, 1.165) is 39.2 Å². The summed E-state index contributed by atoms with van der Waals surface area (Å²) in [6.45, 7) is 7.94.